The van der Waals surface area contributed by atoms with Crippen molar-refractivity contribution in [3.8, 4) is 0 Å². The van der Waals surface area contributed by atoms with Crippen LogP contribution in [0.25, 0.3) is 0 Å². The Kier molecular flexibility index (Phi) is 5.28. The Morgan fingerprint density at radius 1 is 1.33 bits per heavy atom. The Morgan fingerprint density at radius 2 is 1.87 bits per heavy atom. The van der Waals surface area contributed by atoms with Crippen LogP contribution in [-0.2, 0) is 9.59 Å². The summed E-state index contributed by atoms with van der Waals surface area (Å²) in [6.07, 6.45) is 0.287. The Hall–Kier alpha value is -1.10. The first-order chi connectivity index (χ1) is 6.72. The van der Waals surface area contributed by atoms with E-state index in [2.05, 4.69) is 10.6 Å². The summed E-state index contributed by atoms with van der Waals surface area (Å²) in [6.45, 7) is 8.00. The highest BCUT2D eigenvalue weighted by Crippen LogP contribution is 1.97. The molecule has 0 aromatic heterocycles. The van der Waals surface area contributed by atoms with E-state index in [4.69, 9.17) is 5.11 Å². The summed E-state index contributed by atoms with van der Waals surface area (Å²) in [5.41, 5.74) is -0.0291. The van der Waals surface area contributed by atoms with Gasteiger partial charge in [0.2, 0.25) is 5.91 Å². The second kappa shape index (κ2) is 5.70. The molecule has 0 unspecified atom stereocenters. The molecule has 1 amide bonds. The van der Waals surface area contributed by atoms with Crippen molar-refractivity contribution in [1.82, 2.24) is 10.6 Å². The van der Waals surface area contributed by atoms with Crippen LogP contribution in [0.1, 0.15) is 34.1 Å². The molecule has 0 spiro atoms. The van der Waals surface area contributed by atoms with E-state index in [1.807, 2.05) is 20.8 Å². The fourth-order valence-corrected chi connectivity index (χ4v) is 0.926. The molecule has 0 heterocycles. The van der Waals surface area contributed by atoms with Gasteiger partial charge in [-0.3, -0.25) is 9.59 Å². The minimum atomic E-state index is -1.02. The number of nitrogens with one attached hydrogen (secondary N) is 2. The lowest BCUT2D eigenvalue weighted by Crippen LogP contribution is -2.42. The van der Waals surface area contributed by atoms with Gasteiger partial charge in [-0.15, -0.1) is 0 Å². The molecule has 0 aliphatic rings. The molecular weight excluding hydrogens is 196 g/mol. The zero-order valence-corrected chi connectivity index (χ0v) is 9.76. The maximum absolute atomic E-state index is 11.2. The topological polar surface area (TPSA) is 78.4 Å². The van der Waals surface area contributed by atoms with Gasteiger partial charge in [0.05, 0.1) is 0 Å². The minimum absolute atomic E-state index is 0.0291. The average Bonchev–Trinajstić information content (AvgIpc) is 2.01. The lowest BCUT2D eigenvalue weighted by atomic mass is 10.1. The lowest BCUT2D eigenvalue weighted by molar-refractivity contribution is -0.141. The maximum Gasteiger partial charge on any atom is 0.325 e. The van der Waals surface area contributed by atoms with Crippen molar-refractivity contribution < 1.29 is 14.7 Å². The molecule has 0 saturated carbocycles. The van der Waals surface area contributed by atoms with E-state index in [0.29, 0.717) is 6.54 Å². The molecular formula is C10H20N2O3. The average molecular weight is 216 g/mol. The summed E-state index contributed by atoms with van der Waals surface area (Å²) in [5.74, 6) is -1.27. The van der Waals surface area contributed by atoms with Gasteiger partial charge in [0.1, 0.15) is 6.04 Å². The molecule has 88 valence electrons. The Labute approximate surface area is 90.2 Å². The monoisotopic (exact) mass is 216 g/mol. The highest BCUT2D eigenvalue weighted by atomic mass is 16.4. The van der Waals surface area contributed by atoms with E-state index >= 15 is 0 Å². The van der Waals surface area contributed by atoms with Gasteiger partial charge in [-0.05, 0) is 27.7 Å². The van der Waals surface area contributed by atoms with Crippen LogP contribution in [0, 0.1) is 0 Å². The molecule has 0 aliphatic carbocycles. The van der Waals surface area contributed by atoms with Crippen LogP contribution in [0.4, 0.5) is 0 Å². The molecule has 0 aromatic rings. The van der Waals surface area contributed by atoms with Gasteiger partial charge in [-0.2, -0.15) is 0 Å². The number of aliphatic carboxylic acids is 1. The summed E-state index contributed by atoms with van der Waals surface area (Å²) in [6, 6.07) is -0.827. The number of carbonyl (C=O) groups excluding carboxylic acids is 1. The number of hydrogen-bond acceptors (Lipinski definition) is 3. The number of carboxylic acid groups (broad SMARTS) is 1. The van der Waals surface area contributed by atoms with Crippen LogP contribution in [0.2, 0.25) is 0 Å². The van der Waals surface area contributed by atoms with Gasteiger partial charge in [-0.25, -0.2) is 0 Å². The van der Waals surface area contributed by atoms with E-state index in [0.717, 1.165) is 0 Å². The zero-order chi connectivity index (χ0) is 12.1. The van der Waals surface area contributed by atoms with Gasteiger partial charge in [-0.1, -0.05) is 0 Å². The molecule has 0 radical (unpaired) electrons. The highest BCUT2D eigenvalue weighted by molar-refractivity contribution is 5.83. The first kappa shape index (κ1) is 13.9. The van der Waals surface area contributed by atoms with Crippen molar-refractivity contribution in [2.24, 2.45) is 0 Å². The first-order valence-electron chi connectivity index (χ1n) is 4.99. The van der Waals surface area contributed by atoms with Crippen LogP contribution in [0.3, 0.4) is 0 Å². The highest BCUT2D eigenvalue weighted by Gasteiger charge is 2.14. The van der Waals surface area contributed by atoms with Crippen molar-refractivity contribution in [2.75, 3.05) is 6.54 Å². The van der Waals surface area contributed by atoms with Crippen LogP contribution in [0.5, 0.6) is 0 Å². The van der Waals surface area contributed by atoms with Crippen molar-refractivity contribution in [3.05, 3.63) is 0 Å². The van der Waals surface area contributed by atoms with Crippen LogP contribution >= 0.6 is 0 Å². The van der Waals surface area contributed by atoms with E-state index < -0.39 is 12.0 Å². The standard InChI is InChI=1S/C10H20N2O3/c1-7(9(14)15)12-8(13)5-6-11-10(2,3)4/h7,11H,5-6H2,1-4H3,(H,12,13)(H,14,15)/t7-/m1/s1. The van der Waals surface area contributed by atoms with E-state index in [-0.39, 0.29) is 17.9 Å². The third-order valence-electron chi connectivity index (χ3n) is 1.76. The fourth-order valence-electron chi connectivity index (χ4n) is 0.926. The smallest absolute Gasteiger partial charge is 0.325 e. The second-order valence-electron chi connectivity index (χ2n) is 4.55. The molecule has 3 N–H and O–H groups in total. The van der Waals surface area contributed by atoms with Crippen molar-refractivity contribution in [3.63, 3.8) is 0 Å². The summed E-state index contributed by atoms with van der Waals surface area (Å²) < 4.78 is 0. The predicted molar refractivity (Wildman–Crippen MR) is 57.6 cm³/mol. The molecule has 0 rings (SSSR count). The number of hydrogen-bond donors (Lipinski definition) is 3. The van der Waals surface area contributed by atoms with Gasteiger partial charge < -0.3 is 15.7 Å². The van der Waals surface area contributed by atoms with Crippen LogP contribution < -0.4 is 10.6 Å². The Morgan fingerprint density at radius 3 is 2.27 bits per heavy atom. The third kappa shape index (κ3) is 7.93. The molecule has 0 aliphatic heterocycles. The van der Waals surface area contributed by atoms with Crippen LogP contribution in [-0.4, -0.2) is 35.1 Å². The Bertz CT molecular complexity index is 233. The lowest BCUT2D eigenvalue weighted by Gasteiger charge is -2.20. The normalized spacial score (nSPS) is 13.3. The summed E-state index contributed by atoms with van der Waals surface area (Å²) in [4.78, 5) is 21.7. The van der Waals surface area contributed by atoms with Gasteiger partial charge in [0.25, 0.3) is 0 Å². The second-order valence-corrected chi connectivity index (χ2v) is 4.55. The summed E-state index contributed by atoms with van der Waals surface area (Å²) in [5, 5.41) is 14.1. The fraction of sp³-hybridized carbons (Fsp3) is 0.800. The van der Waals surface area contributed by atoms with E-state index in [1.54, 1.807) is 0 Å². The molecule has 5 heteroatoms. The van der Waals surface area contributed by atoms with Crippen LogP contribution in [0.15, 0.2) is 0 Å². The Balaban J connectivity index is 3.72. The van der Waals surface area contributed by atoms with E-state index in [1.165, 1.54) is 6.92 Å². The third-order valence-corrected chi connectivity index (χ3v) is 1.76. The first-order valence-corrected chi connectivity index (χ1v) is 4.99. The SMILES string of the molecule is C[C@@H](NC(=O)CCNC(C)(C)C)C(=O)O. The van der Waals surface area contributed by atoms with Gasteiger partial charge in [0.15, 0.2) is 0 Å². The maximum atomic E-state index is 11.2. The largest absolute Gasteiger partial charge is 0.480 e. The van der Waals surface area contributed by atoms with Crippen molar-refractivity contribution in [1.29, 1.82) is 0 Å². The molecule has 1 atom stereocenters. The van der Waals surface area contributed by atoms with Crippen molar-refractivity contribution in [2.45, 2.75) is 45.7 Å². The summed E-state index contributed by atoms with van der Waals surface area (Å²) >= 11 is 0. The predicted octanol–water partition coefficient (Wildman–Crippen LogP) is 0.354. The van der Waals surface area contributed by atoms with Crippen molar-refractivity contribution >= 4 is 11.9 Å². The molecule has 0 fully saturated rings. The van der Waals surface area contributed by atoms with Gasteiger partial charge >= 0.3 is 5.97 Å². The number of amides is 1. The zero-order valence-electron chi connectivity index (χ0n) is 9.76. The van der Waals surface area contributed by atoms with Gasteiger partial charge in [0, 0.05) is 18.5 Å². The molecule has 5 nitrogen and oxygen atoms in total. The molecule has 0 aromatic carbocycles. The molecule has 0 saturated heterocycles. The molecule has 15 heavy (non-hydrogen) atoms. The quantitative estimate of drug-likeness (QED) is 0.620. The van der Waals surface area contributed by atoms with E-state index in [9.17, 15) is 9.59 Å². The summed E-state index contributed by atoms with van der Waals surface area (Å²) in [7, 11) is 0. The number of carboxylic acids is 1. The number of carbonyl (C=O) groups is 2. The minimum Gasteiger partial charge on any atom is -0.480 e. The molecule has 0 bridgehead atoms. The number of rotatable bonds is 5.